The molecule has 3 N–H and O–H groups in total. The number of aliphatic hydroxyl groups excluding tert-OH is 1. The van der Waals surface area contributed by atoms with Gasteiger partial charge in [0.15, 0.2) is 12.2 Å². The Kier molecular flexibility index (Phi) is 65.0. The van der Waals surface area contributed by atoms with Gasteiger partial charge in [0.1, 0.15) is 19.3 Å². The molecule has 0 saturated carbocycles. The summed E-state index contributed by atoms with van der Waals surface area (Å²) in [5.74, 6) is 0.862. The van der Waals surface area contributed by atoms with Crippen LogP contribution in [0.25, 0.3) is 0 Å². The van der Waals surface area contributed by atoms with E-state index in [0.717, 1.165) is 108 Å². The van der Waals surface area contributed by atoms with Crippen molar-refractivity contribution in [1.82, 2.24) is 0 Å². The zero-order valence-corrected chi connectivity index (χ0v) is 64.8. The van der Waals surface area contributed by atoms with Crippen molar-refractivity contribution in [2.24, 2.45) is 23.7 Å². The summed E-state index contributed by atoms with van der Waals surface area (Å²) in [4.78, 5) is 72.7. The Morgan fingerprint density at radius 2 is 0.438 bits per heavy atom. The first-order chi connectivity index (χ1) is 46.1. The summed E-state index contributed by atoms with van der Waals surface area (Å²) in [6.45, 7) is 14.1. The molecule has 0 aliphatic rings. The lowest BCUT2D eigenvalue weighted by molar-refractivity contribution is -0.161. The molecule has 0 aromatic rings. The van der Waals surface area contributed by atoms with Crippen LogP contribution in [-0.2, 0) is 65.4 Å². The van der Waals surface area contributed by atoms with Crippen LogP contribution in [0.2, 0.25) is 0 Å². The molecule has 0 saturated heterocycles. The molecule has 0 heterocycles. The first-order valence-electron chi connectivity index (χ1n) is 39.7. The Morgan fingerprint density at radius 3 is 0.646 bits per heavy atom. The fourth-order valence-electron chi connectivity index (χ4n) is 11.7. The van der Waals surface area contributed by atoms with E-state index >= 15 is 0 Å². The molecule has 0 fully saturated rings. The van der Waals surface area contributed by atoms with Crippen LogP contribution in [0, 0.1) is 23.7 Å². The van der Waals surface area contributed by atoms with E-state index < -0.39 is 97.5 Å². The van der Waals surface area contributed by atoms with Crippen molar-refractivity contribution in [1.29, 1.82) is 0 Å². The topological polar surface area (TPSA) is 237 Å². The number of ether oxygens (including phenoxy) is 4. The van der Waals surface area contributed by atoms with Gasteiger partial charge in [-0.1, -0.05) is 338 Å². The molecule has 0 bridgehead atoms. The minimum atomic E-state index is -4.96. The van der Waals surface area contributed by atoms with Gasteiger partial charge in [0, 0.05) is 25.7 Å². The normalized spacial score (nSPS) is 14.1. The van der Waals surface area contributed by atoms with Crippen molar-refractivity contribution in [3.63, 3.8) is 0 Å². The number of aliphatic hydroxyl groups is 1. The predicted molar refractivity (Wildman–Crippen MR) is 391 cm³/mol. The second-order valence-corrected chi connectivity index (χ2v) is 32.6. The average molecular weight is 1410 g/mol. The quantitative estimate of drug-likeness (QED) is 0.0222. The Balaban J connectivity index is 5.19. The summed E-state index contributed by atoms with van der Waals surface area (Å²) in [5, 5.41) is 10.6. The van der Waals surface area contributed by atoms with Gasteiger partial charge in [-0.15, -0.1) is 0 Å². The first-order valence-corrected chi connectivity index (χ1v) is 42.7. The average Bonchev–Trinajstić information content (AvgIpc) is 1.63. The largest absolute Gasteiger partial charge is 0.472 e. The van der Waals surface area contributed by atoms with Gasteiger partial charge in [-0.3, -0.25) is 37.3 Å². The van der Waals surface area contributed by atoms with Crippen molar-refractivity contribution < 1.29 is 80.2 Å². The van der Waals surface area contributed by atoms with E-state index in [2.05, 4.69) is 55.4 Å². The summed E-state index contributed by atoms with van der Waals surface area (Å²) < 4.78 is 68.5. The molecule has 17 nitrogen and oxygen atoms in total. The Hall–Kier alpha value is -1.94. The van der Waals surface area contributed by atoms with Gasteiger partial charge in [-0.05, 0) is 49.4 Å². The lowest BCUT2D eigenvalue weighted by Gasteiger charge is -2.21. The molecule has 0 radical (unpaired) electrons. The van der Waals surface area contributed by atoms with Gasteiger partial charge in [-0.2, -0.15) is 0 Å². The fourth-order valence-corrected chi connectivity index (χ4v) is 13.3. The highest BCUT2D eigenvalue weighted by Crippen LogP contribution is 2.45. The van der Waals surface area contributed by atoms with E-state index in [1.165, 1.54) is 186 Å². The Bertz CT molecular complexity index is 1880. The van der Waals surface area contributed by atoms with E-state index in [0.29, 0.717) is 37.5 Å². The molecule has 96 heavy (non-hydrogen) atoms. The first kappa shape index (κ1) is 94.1. The minimum Gasteiger partial charge on any atom is -0.462 e. The Labute approximate surface area is 588 Å². The van der Waals surface area contributed by atoms with E-state index in [1.54, 1.807) is 0 Å². The molecule has 0 aromatic carbocycles. The molecular weight excluding hydrogens is 1260 g/mol. The van der Waals surface area contributed by atoms with Gasteiger partial charge < -0.3 is 33.8 Å². The smallest absolute Gasteiger partial charge is 0.462 e. The van der Waals surface area contributed by atoms with Gasteiger partial charge in [0.2, 0.25) is 0 Å². The molecular formula is C77H150O17P2. The van der Waals surface area contributed by atoms with Crippen LogP contribution >= 0.6 is 15.6 Å². The zero-order chi connectivity index (χ0) is 71.0. The second kappa shape index (κ2) is 66.3. The van der Waals surface area contributed by atoms with E-state index in [-0.39, 0.29) is 25.7 Å². The van der Waals surface area contributed by atoms with Gasteiger partial charge >= 0.3 is 39.5 Å². The number of carbonyl (C=O) groups excluding carboxylic acids is 4. The highest BCUT2D eigenvalue weighted by atomic mass is 31.2. The highest BCUT2D eigenvalue weighted by molar-refractivity contribution is 7.47. The maximum Gasteiger partial charge on any atom is 0.472 e. The van der Waals surface area contributed by atoms with Gasteiger partial charge in [-0.25, -0.2) is 9.13 Å². The number of unbranched alkanes of at least 4 members (excludes halogenated alkanes) is 40. The number of hydrogen-bond donors (Lipinski definition) is 3. The van der Waals surface area contributed by atoms with Crippen LogP contribution < -0.4 is 0 Å². The van der Waals surface area contributed by atoms with Crippen LogP contribution in [0.1, 0.15) is 389 Å². The van der Waals surface area contributed by atoms with Crippen molar-refractivity contribution in [2.45, 2.75) is 408 Å². The maximum absolute atomic E-state index is 13.1. The standard InChI is InChI=1S/C77H150O17P2/c1-67(2)53-45-37-29-24-20-16-13-11-9-10-12-14-18-23-27-33-43-51-59-76(81)93-72(63-87-74(79)57-49-41-32-26-22-19-15-17-21-25-30-38-46-54-68(3)4)65-91-95(83,84)89-61-71(78)62-90-96(85,86)92-66-73(64-88-75(80)58-50-42-36-35-40-48-56-70(7)8)94-77(82)60-52-44-34-28-31-39-47-55-69(5)6/h67-73,78H,9-66H2,1-8H3,(H,83,84)(H,85,86)/t71-,72-,73-/m1/s1. The van der Waals surface area contributed by atoms with Crippen LogP contribution in [0.4, 0.5) is 0 Å². The van der Waals surface area contributed by atoms with E-state index in [4.69, 9.17) is 37.0 Å². The summed E-state index contributed by atoms with van der Waals surface area (Å²) in [5.41, 5.74) is 0. The molecule has 0 aliphatic heterocycles. The van der Waals surface area contributed by atoms with Crippen LogP contribution in [0.3, 0.4) is 0 Å². The Morgan fingerprint density at radius 1 is 0.260 bits per heavy atom. The van der Waals surface area contributed by atoms with Crippen LogP contribution in [0.15, 0.2) is 0 Å². The fraction of sp³-hybridized carbons (Fsp3) is 0.948. The number of phosphoric ester groups is 2. The van der Waals surface area contributed by atoms with Gasteiger partial charge in [0.05, 0.1) is 26.4 Å². The van der Waals surface area contributed by atoms with Crippen molar-refractivity contribution in [2.75, 3.05) is 39.6 Å². The van der Waals surface area contributed by atoms with Crippen molar-refractivity contribution in [3.05, 3.63) is 0 Å². The lowest BCUT2D eigenvalue weighted by atomic mass is 10.0. The highest BCUT2D eigenvalue weighted by Gasteiger charge is 2.30. The zero-order valence-electron chi connectivity index (χ0n) is 63.0. The monoisotopic (exact) mass is 1410 g/mol. The maximum atomic E-state index is 13.1. The molecule has 0 aromatic heterocycles. The van der Waals surface area contributed by atoms with E-state index in [9.17, 15) is 43.2 Å². The summed E-state index contributed by atoms with van der Waals surface area (Å²) in [6.07, 6.45) is 51.8. The van der Waals surface area contributed by atoms with Crippen molar-refractivity contribution >= 4 is 39.5 Å². The molecule has 0 amide bonds. The summed E-state index contributed by atoms with van der Waals surface area (Å²) in [7, 11) is -9.91. The molecule has 0 rings (SSSR count). The van der Waals surface area contributed by atoms with Crippen molar-refractivity contribution in [3.8, 4) is 0 Å². The second-order valence-electron chi connectivity index (χ2n) is 29.7. The number of phosphoric acid groups is 2. The van der Waals surface area contributed by atoms with Gasteiger partial charge in [0.25, 0.3) is 0 Å². The molecule has 5 atom stereocenters. The summed E-state index contributed by atoms with van der Waals surface area (Å²) in [6, 6.07) is 0. The number of esters is 4. The third kappa shape index (κ3) is 70.5. The number of carbonyl (C=O) groups is 4. The molecule has 19 heteroatoms. The third-order valence-corrected chi connectivity index (χ3v) is 19.7. The predicted octanol–water partition coefficient (Wildman–Crippen LogP) is 22.4. The van der Waals surface area contributed by atoms with Crippen LogP contribution in [0.5, 0.6) is 0 Å². The van der Waals surface area contributed by atoms with Crippen LogP contribution in [-0.4, -0.2) is 96.7 Å². The lowest BCUT2D eigenvalue weighted by Crippen LogP contribution is -2.30. The molecule has 2 unspecified atom stereocenters. The number of rotatable bonds is 74. The van der Waals surface area contributed by atoms with E-state index in [1.807, 2.05) is 0 Å². The SMILES string of the molecule is CC(C)CCCCCCCCCCCCCCCCCCCCC(=O)O[C@H](COC(=O)CCCCCCCCCCCCCCCC(C)C)COP(=O)(O)OC[C@@H](O)COP(=O)(O)OC[C@@H](COC(=O)CCCCCCCCC(C)C)OC(=O)CCCCCCCCCC(C)C. The summed E-state index contributed by atoms with van der Waals surface area (Å²) >= 11 is 0. The molecule has 0 aliphatic carbocycles. The third-order valence-electron chi connectivity index (χ3n) is 17.8. The number of hydrogen-bond acceptors (Lipinski definition) is 15. The minimum absolute atomic E-state index is 0.102. The molecule has 570 valence electrons. The molecule has 0 spiro atoms.